The molecule has 0 unspecified atom stereocenters. The maximum absolute atomic E-state index is 12.0. The van der Waals surface area contributed by atoms with Crippen LogP contribution in [0.15, 0.2) is 6.20 Å². The summed E-state index contributed by atoms with van der Waals surface area (Å²) in [5, 5.41) is -0.698. The maximum Gasteiger partial charge on any atom is 0.436 e. The minimum absolute atomic E-state index is 0.313. The molecule has 0 radical (unpaired) electrons. The van der Waals surface area contributed by atoms with Crippen molar-refractivity contribution < 1.29 is 22.7 Å². The summed E-state index contributed by atoms with van der Waals surface area (Å²) in [7, 11) is 0. The number of aromatic nitrogens is 2. The van der Waals surface area contributed by atoms with Gasteiger partial charge in [0.05, 0.1) is 12.8 Å². The highest BCUT2D eigenvalue weighted by atomic mass is 35.5. The van der Waals surface area contributed by atoms with Crippen molar-refractivity contribution in [3.8, 4) is 0 Å². The summed E-state index contributed by atoms with van der Waals surface area (Å²) in [6.45, 7) is 2.66. The summed E-state index contributed by atoms with van der Waals surface area (Å²) in [5.74, 6) is -0.313. The van der Waals surface area contributed by atoms with Gasteiger partial charge in [-0.15, -0.1) is 0 Å². The van der Waals surface area contributed by atoms with E-state index in [0.717, 1.165) is 6.20 Å². The van der Waals surface area contributed by atoms with Crippen LogP contribution < -0.4 is 5.73 Å². The van der Waals surface area contributed by atoms with Gasteiger partial charge in [-0.1, -0.05) is 11.6 Å². The molecule has 96 valence electrons. The molecular formula is C8H9ClF3N3O2. The number of halogens is 4. The molecule has 9 heteroatoms. The Bertz CT molecular complexity index is 374. The second-order valence-corrected chi connectivity index (χ2v) is 2.84. The summed E-state index contributed by atoms with van der Waals surface area (Å²) in [6, 6.07) is 0. The minimum Gasteiger partial charge on any atom is -0.468 e. The Morgan fingerprint density at radius 1 is 1.59 bits per heavy atom. The molecule has 0 amide bonds. The number of anilines is 1. The van der Waals surface area contributed by atoms with Gasteiger partial charge >= 0.3 is 6.18 Å². The molecule has 0 aliphatic carbocycles. The molecule has 1 rings (SSSR count). The quantitative estimate of drug-likeness (QED) is 0.831. The van der Waals surface area contributed by atoms with E-state index in [0.29, 0.717) is 13.1 Å². The lowest BCUT2D eigenvalue weighted by molar-refractivity contribution is -0.141. The first kappa shape index (κ1) is 15.4. The van der Waals surface area contributed by atoms with Crippen LogP contribution in [-0.2, 0) is 15.7 Å². The van der Waals surface area contributed by atoms with E-state index in [1.165, 1.54) is 0 Å². The van der Waals surface area contributed by atoms with Crippen LogP contribution in [0.5, 0.6) is 0 Å². The molecule has 0 aliphatic heterocycles. The number of carbonyl (C=O) groups is 1. The number of hydrogen-bond donors (Lipinski definition) is 1. The van der Waals surface area contributed by atoms with Gasteiger partial charge in [0.1, 0.15) is 5.82 Å². The van der Waals surface area contributed by atoms with Gasteiger partial charge in [-0.3, -0.25) is 4.79 Å². The van der Waals surface area contributed by atoms with Crippen molar-refractivity contribution in [2.75, 3.05) is 12.3 Å². The Kier molecular flexibility index (Phi) is 6.26. The molecule has 0 saturated heterocycles. The van der Waals surface area contributed by atoms with Gasteiger partial charge in [-0.2, -0.15) is 13.2 Å². The van der Waals surface area contributed by atoms with Crippen molar-refractivity contribution in [2.24, 2.45) is 0 Å². The van der Waals surface area contributed by atoms with Crippen LogP contribution in [0, 0.1) is 0 Å². The highest BCUT2D eigenvalue weighted by molar-refractivity contribution is 6.30. The third-order valence-electron chi connectivity index (χ3n) is 1.25. The molecule has 1 aromatic heterocycles. The Balaban J connectivity index is 0.000000437. The molecule has 2 N–H and O–H groups in total. The van der Waals surface area contributed by atoms with E-state index in [4.69, 9.17) is 17.3 Å². The van der Waals surface area contributed by atoms with E-state index in [9.17, 15) is 18.0 Å². The van der Waals surface area contributed by atoms with E-state index in [2.05, 4.69) is 14.7 Å². The molecule has 0 spiro atoms. The van der Waals surface area contributed by atoms with Crippen molar-refractivity contribution in [2.45, 2.75) is 13.1 Å². The number of nitrogen functional groups attached to an aromatic ring is 1. The summed E-state index contributed by atoms with van der Waals surface area (Å²) in [5.41, 5.74) is 3.73. The van der Waals surface area contributed by atoms with Crippen LogP contribution in [0.2, 0.25) is 5.15 Å². The van der Waals surface area contributed by atoms with Gasteiger partial charge < -0.3 is 10.5 Å². The van der Waals surface area contributed by atoms with Gasteiger partial charge in [-0.25, -0.2) is 9.97 Å². The molecule has 0 aliphatic rings. The van der Waals surface area contributed by atoms with Crippen LogP contribution in [0.3, 0.4) is 0 Å². The molecule has 17 heavy (non-hydrogen) atoms. The fraction of sp³-hybridized carbons (Fsp3) is 0.375. The topological polar surface area (TPSA) is 78.1 Å². The standard InChI is InChI=1S/C5H3ClF3N3.C3H6O2/c6-4-3(5(7,8)9)12-2(10)1-11-4;1-2-5-3-4/h1H,(H2,10,12);3H,2H2,1H3. The average molecular weight is 272 g/mol. The Hall–Kier alpha value is -1.57. The number of rotatable bonds is 2. The monoisotopic (exact) mass is 271 g/mol. The lowest BCUT2D eigenvalue weighted by atomic mass is 10.4. The zero-order valence-corrected chi connectivity index (χ0v) is 9.42. The first-order valence-corrected chi connectivity index (χ1v) is 4.61. The lowest BCUT2D eigenvalue weighted by Crippen LogP contribution is -2.11. The molecule has 0 atom stereocenters. The predicted octanol–water partition coefficient (Wildman–Crippen LogP) is 1.91. The minimum atomic E-state index is -4.61. The second kappa shape index (κ2) is 6.89. The van der Waals surface area contributed by atoms with E-state index in [1.54, 1.807) is 6.92 Å². The molecule has 1 aromatic rings. The second-order valence-electron chi connectivity index (χ2n) is 2.48. The largest absolute Gasteiger partial charge is 0.468 e. The summed E-state index contributed by atoms with van der Waals surface area (Å²) in [4.78, 5) is 15.4. The van der Waals surface area contributed by atoms with Crippen molar-refractivity contribution in [3.63, 3.8) is 0 Å². The number of nitrogens with two attached hydrogens (primary N) is 1. The number of ether oxygens (including phenoxy) is 1. The molecule has 0 saturated carbocycles. The third-order valence-corrected chi connectivity index (χ3v) is 1.53. The van der Waals surface area contributed by atoms with Gasteiger partial charge in [0.2, 0.25) is 0 Å². The van der Waals surface area contributed by atoms with Crippen LogP contribution in [0.4, 0.5) is 19.0 Å². The molecule has 5 nitrogen and oxygen atoms in total. The first-order chi connectivity index (χ1) is 7.82. The smallest absolute Gasteiger partial charge is 0.436 e. The van der Waals surface area contributed by atoms with Crippen LogP contribution >= 0.6 is 11.6 Å². The summed E-state index contributed by atoms with van der Waals surface area (Å²) in [6.07, 6.45) is -3.66. The number of hydrogen-bond acceptors (Lipinski definition) is 5. The van der Waals surface area contributed by atoms with Crippen LogP contribution in [-0.4, -0.2) is 23.0 Å². The van der Waals surface area contributed by atoms with E-state index < -0.39 is 17.0 Å². The van der Waals surface area contributed by atoms with Crippen LogP contribution in [0.25, 0.3) is 0 Å². The molecule has 0 bridgehead atoms. The summed E-state index contributed by atoms with van der Waals surface area (Å²) < 4.78 is 40.1. The van der Waals surface area contributed by atoms with Crippen LogP contribution in [0.1, 0.15) is 12.6 Å². The first-order valence-electron chi connectivity index (χ1n) is 4.23. The molecular weight excluding hydrogens is 263 g/mol. The Morgan fingerprint density at radius 2 is 2.18 bits per heavy atom. The Labute approximate surface area is 99.8 Å². The third kappa shape index (κ3) is 5.91. The van der Waals surface area contributed by atoms with Gasteiger partial charge in [0.15, 0.2) is 10.8 Å². The summed E-state index contributed by atoms with van der Waals surface area (Å²) >= 11 is 5.13. The maximum atomic E-state index is 12.0. The average Bonchev–Trinajstić information content (AvgIpc) is 2.22. The van der Waals surface area contributed by atoms with Crippen molar-refractivity contribution >= 4 is 23.9 Å². The highest BCUT2D eigenvalue weighted by Crippen LogP contribution is 2.31. The van der Waals surface area contributed by atoms with E-state index in [-0.39, 0.29) is 5.82 Å². The zero-order chi connectivity index (χ0) is 13.5. The van der Waals surface area contributed by atoms with Gasteiger partial charge in [-0.05, 0) is 6.92 Å². The lowest BCUT2D eigenvalue weighted by Gasteiger charge is -2.06. The fourth-order valence-electron chi connectivity index (χ4n) is 0.636. The molecule has 0 aromatic carbocycles. The van der Waals surface area contributed by atoms with Crippen molar-refractivity contribution in [3.05, 3.63) is 17.0 Å². The zero-order valence-electron chi connectivity index (χ0n) is 8.66. The van der Waals surface area contributed by atoms with E-state index >= 15 is 0 Å². The SMILES string of the molecule is CCOC=O.Nc1cnc(Cl)c(C(F)(F)F)n1. The molecule has 0 fully saturated rings. The van der Waals surface area contributed by atoms with E-state index in [1.807, 2.05) is 0 Å². The predicted molar refractivity (Wildman–Crippen MR) is 54.1 cm³/mol. The normalized spacial score (nSPS) is 10.2. The highest BCUT2D eigenvalue weighted by Gasteiger charge is 2.36. The van der Waals surface area contributed by atoms with Crippen molar-refractivity contribution in [1.82, 2.24) is 9.97 Å². The number of alkyl halides is 3. The van der Waals surface area contributed by atoms with Crippen molar-refractivity contribution in [1.29, 1.82) is 0 Å². The number of nitrogens with zero attached hydrogens (tertiary/aromatic N) is 2. The van der Waals surface area contributed by atoms with Gasteiger partial charge in [0, 0.05) is 0 Å². The molecule has 1 heterocycles. The van der Waals surface area contributed by atoms with Gasteiger partial charge in [0.25, 0.3) is 6.47 Å². The Morgan fingerprint density at radius 3 is 2.47 bits per heavy atom. The number of carbonyl (C=O) groups excluding carboxylic acids is 1. The fourth-order valence-corrected chi connectivity index (χ4v) is 0.835.